The van der Waals surface area contributed by atoms with Crippen LogP contribution < -0.4 is 0 Å². The smallest absolute Gasteiger partial charge is 0.417 e. The summed E-state index contributed by atoms with van der Waals surface area (Å²) in [6.45, 7) is 9.20. The molecule has 1 rings (SSSR count). The van der Waals surface area contributed by atoms with Crippen molar-refractivity contribution in [2.75, 3.05) is 6.61 Å². The van der Waals surface area contributed by atoms with Crippen molar-refractivity contribution in [1.29, 1.82) is 0 Å². The molecule has 5 nitrogen and oxygen atoms in total. The van der Waals surface area contributed by atoms with E-state index in [-0.39, 0.29) is 24.5 Å². The minimum Gasteiger partial charge on any atom is -0.447 e. The van der Waals surface area contributed by atoms with E-state index in [1.807, 2.05) is 13.8 Å². The lowest BCUT2D eigenvalue weighted by molar-refractivity contribution is -0.125. The number of aliphatic hydroxyl groups excluding tert-OH is 1. The first kappa shape index (κ1) is 18.7. The lowest BCUT2D eigenvalue weighted by Gasteiger charge is -2.23. The molecule has 0 unspecified atom stereocenters. The molecule has 0 aromatic rings. The third kappa shape index (κ3) is 4.11. The van der Waals surface area contributed by atoms with Crippen LogP contribution in [0.5, 0.6) is 0 Å². The van der Waals surface area contributed by atoms with E-state index in [1.165, 1.54) is 0 Å². The zero-order valence-corrected chi connectivity index (χ0v) is 14.4. The number of amides is 2. The summed E-state index contributed by atoms with van der Waals surface area (Å²) in [5, 5.41) is 10.3. The summed E-state index contributed by atoms with van der Waals surface area (Å²) in [7, 11) is 0. The fourth-order valence-electron chi connectivity index (χ4n) is 2.33. The average Bonchev–Trinajstić information content (AvgIpc) is 2.86. The van der Waals surface area contributed by atoms with E-state index < -0.39 is 18.1 Å². The van der Waals surface area contributed by atoms with Crippen molar-refractivity contribution >= 4 is 23.6 Å². The molecule has 0 radical (unpaired) electrons. The quantitative estimate of drug-likeness (QED) is 0.787. The maximum atomic E-state index is 12.5. The van der Waals surface area contributed by atoms with Crippen LogP contribution in [0.4, 0.5) is 4.79 Å². The summed E-state index contributed by atoms with van der Waals surface area (Å²) in [6.07, 6.45) is 1.75. The van der Waals surface area contributed by atoms with Gasteiger partial charge in [-0.15, -0.1) is 0 Å². The van der Waals surface area contributed by atoms with Gasteiger partial charge in [-0.3, -0.25) is 4.79 Å². The Bertz CT molecular complexity index is 498. The average molecular weight is 330 g/mol. The summed E-state index contributed by atoms with van der Waals surface area (Å²) >= 11 is 5.90. The molecular formula is C16H24ClNO4. The van der Waals surface area contributed by atoms with Crippen LogP contribution in [0.1, 0.15) is 34.6 Å². The molecule has 6 heteroatoms. The van der Waals surface area contributed by atoms with Crippen LogP contribution in [0.2, 0.25) is 0 Å². The van der Waals surface area contributed by atoms with Gasteiger partial charge in [-0.05, 0) is 19.8 Å². The summed E-state index contributed by atoms with van der Waals surface area (Å²) < 4.78 is 4.98. The first-order chi connectivity index (χ1) is 10.2. The summed E-state index contributed by atoms with van der Waals surface area (Å²) in [6, 6.07) is -0.261. The van der Waals surface area contributed by atoms with Gasteiger partial charge in [-0.2, -0.15) is 0 Å². The van der Waals surface area contributed by atoms with Crippen molar-refractivity contribution < 1.29 is 19.4 Å². The topological polar surface area (TPSA) is 66.8 Å². The Morgan fingerprint density at radius 2 is 2.05 bits per heavy atom. The van der Waals surface area contributed by atoms with Gasteiger partial charge >= 0.3 is 6.09 Å². The molecule has 1 heterocycles. The van der Waals surface area contributed by atoms with E-state index >= 15 is 0 Å². The Kier molecular flexibility index (Phi) is 6.63. The maximum absolute atomic E-state index is 12.5. The Hall–Kier alpha value is -1.33. The van der Waals surface area contributed by atoms with Gasteiger partial charge in [0.15, 0.2) is 0 Å². The van der Waals surface area contributed by atoms with Crippen molar-refractivity contribution in [2.45, 2.75) is 46.8 Å². The Balaban J connectivity index is 2.91. The fourth-order valence-corrected chi connectivity index (χ4v) is 2.53. The van der Waals surface area contributed by atoms with Gasteiger partial charge in [-0.25, -0.2) is 9.69 Å². The third-order valence-corrected chi connectivity index (χ3v) is 4.24. The van der Waals surface area contributed by atoms with Crippen molar-refractivity contribution in [3.63, 3.8) is 0 Å². The predicted molar refractivity (Wildman–Crippen MR) is 85.4 cm³/mol. The number of aliphatic hydroxyl groups is 1. The zero-order chi connectivity index (χ0) is 17.0. The van der Waals surface area contributed by atoms with Crippen LogP contribution in [0.3, 0.4) is 0 Å². The SMILES string of the molecule is C/C=C(\Cl)[C@@H](O)[C@@H](C)/C=C(\C)C(=O)N1C(=O)OC[C@@H]1C(C)C. The highest BCUT2D eigenvalue weighted by Crippen LogP contribution is 2.23. The molecule has 0 aromatic carbocycles. The number of carbonyl (C=O) groups excluding carboxylic acids is 2. The van der Waals surface area contributed by atoms with E-state index in [0.717, 1.165) is 4.90 Å². The number of hydrogen-bond acceptors (Lipinski definition) is 4. The zero-order valence-electron chi connectivity index (χ0n) is 13.7. The molecule has 1 N–H and O–H groups in total. The highest BCUT2D eigenvalue weighted by atomic mass is 35.5. The number of halogens is 1. The molecule has 1 aliphatic heterocycles. The van der Waals surface area contributed by atoms with E-state index in [1.54, 1.807) is 32.9 Å². The monoisotopic (exact) mass is 329 g/mol. The first-order valence-corrected chi connectivity index (χ1v) is 7.77. The second-order valence-electron chi connectivity index (χ2n) is 5.89. The molecule has 1 saturated heterocycles. The Morgan fingerprint density at radius 1 is 1.45 bits per heavy atom. The number of rotatable bonds is 5. The van der Waals surface area contributed by atoms with Crippen molar-refractivity contribution in [2.24, 2.45) is 11.8 Å². The van der Waals surface area contributed by atoms with Crippen LogP contribution in [-0.2, 0) is 9.53 Å². The number of ether oxygens (including phenoxy) is 1. The van der Waals surface area contributed by atoms with Crippen LogP contribution >= 0.6 is 11.6 Å². The van der Waals surface area contributed by atoms with E-state index in [2.05, 4.69) is 0 Å². The minimum absolute atomic E-state index is 0.115. The Morgan fingerprint density at radius 3 is 2.55 bits per heavy atom. The first-order valence-electron chi connectivity index (χ1n) is 7.39. The van der Waals surface area contributed by atoms with Gasteiger partial charge in [0, 0.05) is 16.5 Å². The van der Waals surface area contributed by atoms with Gasteiger partial charge in [0.2, 0.25) is 0 Å². The van der Waals surface area contributed by atoms with Crippen LogP contribution in [0, 0.1) is 11.8 Å². The third-order valence-electron chi connectivity index (χ3n) is 3.80. The second kappa shape index (κ2) is 7.79. The van der Waals surface area contributed by atoms with Gasteiger partial charge in [0.1, 0.15) is 6.61 Å². The molecule has 1 fully saturated rings. The molecule has 1 aliphatic rings. The largest absolute Gasteiger partial charge is 0.447 e. The molecule has 0 aromatic heterocycles. The normalized spacial score (nSPS) is 22.8. The van der Waals surface area contributed by atoms with Crippen molar-refractivity contribution in [3.8, 4) is 0 Å². The summed E-state index contributed by atoms with van der Waals surface area (Å²) in [5.41, 5.74) is 0.386. The number of cyclic esters (lactones) is 1. The molecule has 0 saturated carbocycles. The summed E-state index contributed by atoms with van der Waals surface area (Å²) in [4.78, 5) is 25.4. The number of nitrogens with zero attached hydrogens (tertiary/aromatic N) is 1. The Labute approximate surface area is 136 Å². The molecule has 22 heavy (non-hydrogen) atoms. The summed E-state index contributed by atoms with van der Waals surface area (Å²) in [5.74, 6) is -0.621. The number of carbonyl (C=O) groups is 2. The highest BCUT2D eigenvalue weighted by molar-refractivity contribution is 6.30. The standard InChI is InChI=1S/C16H24ClNO4/c1-6-12(17)14(19)10(4)7-11(5)15(20)18-13(9(2)3)8-22-16(18)21/h6-7,9-10,13-14,19H,8H2,1-5H3/b11-7+,12-6-/t10-,13+,14-/m0/s1. The molecule has 0 spiro atoms. The molecular weight excluding hydrogens is 306 g/mol. The molecule has 0 aliphatic carbocycles. The lowest BCUT2D eigenvalue weighted by Crippen LogP contribution is -2.42. The van der Waals surface area contributed by atoms with Gasteiger partial charge < -0.3 is 9.84 Å². The number of imide groups is 1. The molecule has 124 valence electrons. The van der Waals surface area contributed by atoms with E-state index in [0.29, 0.717) is 10.6 Å². The molecule has 0 bridgehead atoms. The van der Waals surface area contributed by atoms with Crippen LogP contribution in [0.15, 0.2) is 22.8 Å². The van der Waals surface area contributed by atoms with E-state index in [4.69, 9.17) is 16.3 Å². The maximum Gasteiger partial charge on any atom is 0.417 e. The number of allylic oxidation sites excluding steroid dienone is 1. The number of hydrogen-bond donors (Lipinski definition) is 1. The van der Waals surface area contributed by atoms with Crippen molar-refractivity contribution in [1.82, 2.24) is 4.90 Å². The van der Waals surface area contributed by atoms with Crippen LogP contribution in [-0.4, -0.2) is 40.8 Å². The second-order valence-corrected chi connectivity index (χ2v) is 6.33. The van der Waals surface area contributed by atoms with E-state index in [9.17, 15) is 14.7 Å². The van der Waals surface area contributed by atoms with Gasteiger partial charge in [0.05, 0.1) is 12.1 Å². The minimum atomic E-state index is -0.874. The van der Waals surface area contributed by atoms with Gasteiger partial charge in [0.25, 0.3) is 5.91 Å². The lowest BCUT2D eigenvalue weighted by atomic mass is 9.99. The van der Waals surface area contributed by atoms with Gasteiger partial charge in [-0.1, -0.05) is 44.5 Å². The fraction of sp³-hybridized carbons (Fsp3) is 0.625. The molecule has 3 atom stereocenters. The van der Waals surface area contributed by atoms with Crippen molar-refractivity contribution in [3.05, 3.63) is 22.8 Å². The highest BCUT2D eigenvalue weighted by Gasteiger charge is 2.40. The van der Waals surface area contributed by atoms with Crippen LogP contribution in [0.25, 0.3) is 0 Å². The predicted octanol–water partition coefficient (Wildman–Crippen LogP) is 3.08. The molecule has 2 amide bonds.